The van der Waals surface area contributed by atoms with E-state index < -0.39 is 10.9 Å². The van der Waals surface area contributed by atoms with Crippen LogP contribution in [0.5, 0.6) is 5.75 Å². The van der Waals surface area contributed by atoms with Gasteiger partial charge in [0.15, 0.2) is 0 Å². The molecule has 0 saturated heterocycles. The van der Waals surface area contributed by atoms with Crippen LogP contribution < -0.4 is 4.74 Å². The number of aromatic nitrogens is 1. The van der Waals surface area contributed by atoms with Gasteiger partial charge in [0.2, 0.25) is 5.01 Å². The second-order valence-corrected chi connectivity index (χ2v) is 5.26. The first-order valence-electron chi connectivity index (χ1n) is 5.94. The Hall–Kier alpha value is -2.48. The molecule has 8 heteroatoms. The number of nitro benzene ring substituents is 1. The maximum Gasteiger partial charge on any atom is 0.365 e. The second kappa shape index (κ2) is 5.88. The van der Waals surface area contributed by atoms with Crippen LogP contribution in [-0.2, 0) is 6.61 Å². The summed E-state index contributed by atoms with van der Waals surface area (Å²) in [6, 6.07) is 3.05. The molecular weight excluding hydrogens is 296 g/mol. The van der Waals surface area contributed by atoms with E-state index in [1.165, 1.54) is 6.07 Å². The van der Waals surface area contributed by atoms with Gasteiger partial charge in [-0.05, 0) is 25.5 Å². The van der Waals surface area contributed by atoms with Gasteiger partial charge >= 0.3 is 5.97 Å². The molecule has 0 atom stereocenters. The van der Waals surface area contributed by atoms with Gasteiger partial charge in [-0.2, -0.15) is 0 Å². The van der Waals surface area contributed by atoms with Crippen LogP contribution in [0.25, 0.3) is 0 Å². The predicted molar refractivity (Wildman–Crippen MR) is 76.0 cm³/mol. The van der Waals surface area contributed by atoms with Gasteiger partial charge in [-0.25, -0.2) is 9.78 Å². The summed E-state index contributed by atoms with van der Waals surface area (Å²) in [7, 11) is 0. The zero-order valence-electron chi connectivity index (χ0n) is 11.3. The minimum atomic E-state index is -1.08. The fraction of sp³-hybridized carbons (Fsp3) is 0.231. The zero-order valence-corrected chi connectivity index (χ0v) is 12.1. The number of nitro groups is 1. The van der Waals surface area contributed by atoms with Gasteiger partial charge in [0.25, 0.3) is 5.69 Å². The molecule has 110 valence electrons. The highest BCUT2D eigenvalue weighted by molar-refractivity contribution is 7.11. The summed E-state index contributed by atoms with van der Waals surface area (Å²) in [5, 5.41) is 21.2. The van der Waals surface area contributed by atoms with Crippen molar-refractivity contribution in [3.8, 4) is 5.75 Å². The fourth-order valence-electron chi connectivity index (χ4n) is 1.75. The van der Waals surface area contributed by atoms with Crippen LogP contribution in [0.3, 0.4) is 0 Å². The van der Waals surface area contributed by atoms with Crippen molar-refractivity contribution in [2.75, 3.05) is 0 Å². The number of hydrogen-bond acceptors (Lipinski definition) is 6. The Kier molecular flexibility index (Phi) is 4.18. The number of carboxylic acids is 1. The highest BCUT2D eigenvalue weighted by atomic mass is 32.1. The van der Waals surface area contributed by atoms with Gasteiger partial charge in [-0.1, -0.05) is 0 Å². The monoisotopic (exact) mass is 308 g/mol. The Balaban J connectivity index is 2.14. The second-order valence-electron chi connectivity index (χ2n) is 4.40. The van der Waals surface area contributed by atoms with Gasteiger partial charge in [0.05, 0.1) is 10.6 Å². The van der Waals surface area contributed by atoms with Gasteiger partial charge < -0.3 is 9.84 Å². The molecule has 0 fully saturated rings. The van der Waals surface area contributed by atoms with Crippen LogP contribution in [-0.4, -0.2) is 21.0 Å². The molecule has 0 unspecified atom stereocenters. The molecule has 0 bridgehead atoms. The van der Waals surface area contributed by atoms with Crippen LogP contribution in [0.1, 0.15) is 26.6 Å². The topological polar surface area (TPSA) is 103 Å². The normalized spacial score (nSPS) is 10.4. The number of thiazole rings is 1. The van der Waals surface area contributed by atoms with Crippen LogP contribution >= 0.6 is 11.3 Å². The molecule has 0 spiro atoms. The summed E-state index contributed by atoms with van der Waals surface area (Å²) < 4.78 is 5.56. The number of benzene rings is 1. The van der Waals surface area contributed by atoms with E-state index in [0.29, 0.717) is 22.6 Å². The van der Waals surface area contributed by atoms with Crippen molar-refractivity contribution in [2.24, 2.45) is 0 Å². The summed E-state index contributed by atoms with van der Waals surface area (Å²) in [5.41, 5.74) is 1.69. The molecule has 0 saturated carbocycles. The Morgan fingerprint density at radius 3 is 2.71 bits per heavy atom. The van der Waals surface area contributed by atoms with Crippen molar-refractivity contribution in [2.45, 2.75) is 20.5 Å². The number of nitrogens with zero attached hydrogens (tertiary/aromatic N) is 2. The van der Waals surface area contributed by atoms with Crippen LogP contribution in [0.15, 0.2) is 17.5 Å². The Morgan fingerprint density at radius 1 is 1.43 bits per heavy atom. The molecule has 0 aliphatic rings. The third kappa shape index (κ3) is 3.34. The lowest BCUT2D eigenvalue weighted by Gasteiger charge is -2.09. The maximum atomic E-state index is 10.8. The zero-order chi connectivity index (χ0) is 15.6. The molecule has 1 heterocycles. The van der Waals surface area contributed by atoms with E-state index in [0.717, 1.165) is 11.3 Å². The van der Waals surface area contributed by atoms with E-state index in [-0.39, 0.29) is 17.3 Å². The van der Waals surface area contributed by atoms with E-state index in [1.807, 2.05) is 0 Å². The predicted octanol–water partition coefficient (Wildman–Crippen LogP) is 2.95. The standard InChI is InChI=1S/C13H12N2O5S/c1-7-4-11(8(2)3-10(7)15(18)19)20-5-9-6-21-12(14-9)13(16)17/h3-4,6H,5H2,1-2H3,(H,16,17). The first-order chi connectivity index (χ1) is 9.88. The van der Waals surface area contributed by atoms with Crippen molar-refractivity contribution in [1.29, 1.82) is 0 Å². The summed E-state index contributed by atoms with van der Waals surface area (Å²) in [6.07, 6.45) is 0. The first kappa shape index (κ1) is 14.9. The van der Waals surface area contributed by atoms with E-state index >= 15 is 0 Å². The van der Waals surface area contributed by atoms with E-state index in [2.05, 4.69) is 4.98 Å². The molecule has 0 radical (unpaired) electrons. The number of carboxylic acid groups (broad SMARTS) is 1. The summed E-state index contributed by atoms with van der Waals surface area (Å²) in [4.78, 5) is 25.0. The highest BCUT2D eigenvalue weighted by Gasteiger charge is 2.15. The third-order valence-electron chi connectivity index (χ3n) is 2.80. The van der Waals surface area contributed by atoms with Gasteiger partial charge in [-0.3, -0.25) is 10.1 Å². The lowest BCUT2D eigenvalue weighted by molar-refractivity contribution is -0.385. The SMILES string of the molecule is Cc1cc([N+](=O)[O-])c(C)cc1OCc1csc(C(=O)O)n1. The highest BCUT2D eigenvalue weighted by Crippen LogP contribution is 2.28. The molecule has 1 aromatic heterocycles. The number of carbonyl (C=O) groups is 1. The fourth-order valence-corrected chi connectivity index (χ4v) is 2.39. The molecule has 0 amide bonds. The van der Waals surface area contributed by atoms with E-state index in [9.17, 15) is 14.9 Å². The van der Waals surface area contributed by atoms with Crippen LogP contribution in [0.2, 0.25) is 0 Å². The summed E-state index contributed by atoms with van der Waals surface area (Å²) in [5.74, 6) is -0.559. The molecule has 1 N–H and O–H groups in total. The number of rotatable bonds is 5. The van der Waals surface area contributed by atoms with Crippen molar-refractivity contribution in [3.63, 3.8) is 0 Å². The molecular formula is C13H12N2O5S. The molecule has 2 rings (SSSR count). The number of hydrogen-bond donors (Lipinski definition) is 1. The third-order valence-corrected chi connectivity index (χ3v) is 3.68. The average Bonchev–Trinajstić information content (AvgIpc) is 2.88. The molecule has 0 aliphatic heterocycles. The number of aromatic carboxylic acids is 1. The average molecular weight is 308 g/mol. The van der Waals surface area contributed by atoms with Crippen molar-refractivity contribution < 1.29 is 19.6 Å². The van der Waals surface area contributed by atoms with Crippen molar-refractivity contribution in [1.82, 2.24) is 4.98 Å². The lowest BCUT2D eigenvalue weighted by Crippen LogP contribution is -2.01. The Bertz CT molecular complexity index is 711. The molecule has 1 aromatic carbocycles. The van der Waals surface area contributed by atoms with Crippen molar-refractivity contribution >= 4 is 23.0 Å². The maximum absolute atomic E-state index is 10.8. The summed E-state index contributed by atoms with van der Waals surface area (Å²) >= 11 is 1.03. The first-order valence-corrected chi connectivity index (χ1v) is 6.82. The van der Waals surface area contributed by atoms with Crippen LogP contribution in [0, 0.1) is 24.0 Å². The van der Waals surface area contributed by atoms with E-state index in [1.54, 1.807) is 25.3 Å². The smallest absolute Gasteiger partial charge is 0.365 e. The van der Waals surface area contributed by atoms with Gasteiger partial charge in [0.1, 0.15) is 12.4 Å². The largest absolute Gasteiger partial charge is 0.487 e. The van der Waals surface area contributed by atoms with E-state index in [4.69, 9.17) is 9.84 Å². The Morgan fingerprint density at radius 2 is 2.14 bits per heavy atom. The molecule has 21 heavy (non-hydrogen) atoms. The molecule has 7 nitrogen and oxygen atoms in total. The summed E-state index contributed by atoms with van der Waals surface area (Å²) in [6.45, 7) is 3.46. The quantitative estimate of drug-likeness (QED) is 0.673. The Labute approximate surface area is 124 Å². The minimum Gasteiger partial charge on any atom is -0.487 e. The minimum absolute atomic E-state index is 0.00482. The number of aryl methyl sites for hydroxylation is 2. The van der Waals surface area contributed by atoms with Crippen molar-refractivity contribution in [3.05, 3.63) is 49.5 Å². The van der Waals surface area contributed by atoms with Crippen LogP contribution in [0.4, 0.5) is 5.69 Å². The molecule has 0 aliphatic carbocycles. The van der Waals surface area contributed by atoms with Gasteiger partial charge in [0, 0.05) is 17.0 Å². The lowest BCUT2D eigenvalue weighted by atomic mass is 10.1. The van der Waals surface area contributed by atoms with Gasteiger partial charge in [-0.15, -0.1) is 11.3 Å². The number of ether oxygens (including phenoxy) is 1. The molecule has 2 aromatic rings.